The van der Waals surface area contributed by atoms with E-state index in [1.807, 2.05) is 0 Å². The van der Waals surface area contributed by atoms with Crippen molar-refractivity contribution in [3.05, 3.63) is 18.0 Å². The lowest BCUT2D eigenvalue weighted by Crippen LogP contribution is -2.59. The van der Waals surface area contributed by atoms with Crippen LogP contribution < -0.4 is 9.47 Å². The van der Waals surface area contributed by atoms with Gasteiger partial charge >= 0.3 is 18.2 Å². The number of amides is 2. The molecule has 0 spiro atoms. The van der Waals surface area contributed by atoms with Gasteiger partial charge in [0.2, 0.25) is 0 Å². The van der Waals surface area contributed by atoms with Gasteiger partial charge in [0.05, 0.1) is 18.4 Å². The van der Waals surface area contributed by atoms with Crippen LogP contribution in [-0.4, -0.2) is 69.9 Å². The molecule has 1 aromatic rings. The predicted molar refractivity (Wildman–Crippen MR) is 103 cm³/mol. The third-order valence-electron chi connectivity index (χ3n) is 5.58. The van der Waals surface area contributed by atoms with Crippen molar-refractivity contribution in [1.82, 2.24) is 14.8 Å². The van der Waals surface area contributed by atoms with Gasteiger partial charge in [0.25, 0.3) is 0 Å². The molecule has 0 aliphatic carbocycles. The minimum absolute atomic E-state index is 0.0548. The van der Waals surface area contributed by atoms with Gasteiger partial charge in [-0.15, -0.1) is 0 Å². The van der Waals surface area contributed by atoms with Gasteiger partial charge in [0.1, 0.15) is 13.2 Å². The first-order valence-electron chi connectivity index (χ1n) is 10.00. The van der Waals surface area contributed by atoms with E-state index in [1.165, 1.54) is 11.1 Å². The van der Waals surface area contributed by atoms with Gasteiger partial charge in [-0.1, -0.05) is 20.8 Å². The summed E-state index contributed by atoms with van der Waals surface area (Å²) in [6.07, 6.45) is -4.51. The summed E-state index contributed by atoms with van der Waals surface area (Å²) in [5.74, 6) is -0.940. The second-order valence-electron chi connectivity index (χ2n) is 8.79. The second kappa shape index (κ2) is 8.43. The minimum Gasteiger partial charge on any atom is -0.486 e. The van der Waals surface area contributed by atoms with Gasteiger partial charge < -0.3 is 19.5 Å². The van der Waals surface area contributed by atoms with Gasteiger partial charge in [-0.25, -0.2) is 4.79 Å². The van der Waals surface area contributed by atoms with Crippen LogP contribution in [0, 0.1) is 5.41 Å². The number of likely N-dealkylation sites (tertiary alicyclic amines) is 1. The van der Waals surface area contributed by atoms with Crippen LogP contribution in [0.2, 0.25) is 0 Å². The maximum Gasteiger partial charge on any atom is 0.471 e. The summed E-state index contributed by atoms with van der Waals surface area (Å²) in [7, 11) is 0. The Morgan fingerprint density at radius 2 is 1.87 bits per heavy atom. The van der Waals surface area contributed by atoms with E-state index < -0.39 is 35.7 Å². The van der Waals surface area contributed by atoms with Gasteiger partial charge in [-0.3, -0.25) is 14.7 Å². The lowest BCUT2D eigenvalue weighted by atomic mass is 9.78. The summed E-state index contributed by atoms with van der Waals surface area (Å²) in [6, 6.07) is 0.276. The number of carbonyl (C=O) groups excluding carboxylic acids is 1. The van der Waals surface area contributed by atoms with E-state index in [-0.39, 0.29) is 25.9 Å². The number of pyridine rings is 1. The molecule has 3 rings (SSSR count). The zero-order chi connectivity index (χ0) is 23.0. The van der Waals surface area contributed by atoms with Crippen LogP contribution in [0.5, 0.6) is 11.5 Å². The SMILES string of the molecule is CC(C)(C)C1CC(N(Cc2cc3c(cn2)OCCO3)C(=O)O)CCN1C(=O)C(F)(F)F. The summed E-state index contributed by atoms with van der Waals surface area (Å²) in [6.45, 7) is 5.76. The first kappa shape index (κ1) is 23.0. The molecule has 2 amide bonds. The number of carboxylic acid groups (broad SMARTS) is 1. The number of nitrogens with zero attached hydrogens (tertiary/aromatic N) is 3. The van der Waals surface area contributed by atoms with Crippen LogP contribution in [0.1, 0.15) is 39.3 Å². The van der Waals surface area contributed by atoms with Crippen LogP contribution in [0.15, 0.2) is 12.3 Å². The third kappa shape index (κ3) is 5.13. The summed E-state index contributed by atoms with van der Waals surface area (Å²) in [4.78, 5) is 30.2. The fourth-order valence-corrected chi connectivity index (χ4v) is 4.06. The number of fused-ring (bicyclic) bond motifs is 1. The van der Waals surface area contributed by atoms with Gasteiger partial charge in [-0.05, 0) is 18.3 Å². The Morgan fingerprint density at radius 1 is 1.23 bits per heavy atom. The Balaban J connectivity index is 1.80. The van der Waals surface area contributed by atoms with E-state index in [0.29, 0.717) is 30.4 Å². The summed E-state index contributed by atoms with van der Waals surface area (Å²) >= 11 is 0. The number of piperidine rings is 1. The zero-order valence-electron chi connectivity index (χ0n) is 17.6. The summed E-state index contributed by atoms with van der Waals surface area (Å²) in [5.41, 5.74) is -0.230. The maximum atomic E-state index is 13.1. The monoisotopic (exact) mass is 445 g/mol. The van der Waals surface area contributed by atoms with Crippen molar-refractivity contribution in [1.29, 1.82) is 0 Å². The molecular weight excluding hydrogens is 419 g/mol. The number of rotatable bonds is 3. The molecule has 1 saturated heterocycles. The summed E-state index contributed by atoms with van der Waals surface area (Å²) < 4.78 is 50.2. The Labute approximate surface area is 177 Å². The number of ether oxygens (including phenoxy) is 2. The molecule has 8 nitrogen and oxygen atoms in total. The average Bonchev–Trinajstić information content (AvgIpc) is 2.69. The highest BCUT2D eigenvalue weighted by Crippen LogP contribution is 2.37. The molecule has 172 valence electrons. The zero-order valence-corrected chi connectivity index (χ0v) is 17.6. The molecule has 2 aliphatic heterocycles. The summed E-state index contributed by atoms with van der Waals surface area (Å²) in [5, 5.41) is 9.80. The molecule has 2 unspecified atom stereocenters. The fraction of sp³-hybridized carbons (Fsp3) is 0.650. The molecule has 2 aliphatic rings. The number of alkyl halides is 3. The lowest BCUT2D eigenvalue weighted by molar-refractivity contribution is -0.192. The van der Waals surface area contributed by atoms with E-state index in [1.54, 1.807) is 26.8 Å². The Bertz CT molecular complexity index is 840. The number of aromatic nitrogens is 1. The van der Waals surface area contributed by atoms with E-state index in [4.69, 9.17) is 9.47 Å². The quantitative estimate of drug-likeness (QED) is 0.768. The normalized spacial score (nSPS) is 21.5. The van der Waals surface area contributed by atoms with Gasteiger partial charge in [0, 0.05) is 24.7 Å². The van der Waals surface area contributed by atoms with Crippen LogP contribution in [0.3, 0.4) is 0 Å². The van der Waals surface area contributed by atoms with Crippen LogP contribution in [0.4, 0.5) is 18.0 Å². The molecule has 11 heteroatoms. The Kier molecular flexibility index (Phi) is 6.24. The highest BCUT2D eigenvalue weighted by atomic mass is 19.4. The highest BCUT2D eigenvalue weighted by Gasteiger charge is 2.49. The van der Waals surface area contributed by atoms with Gasteiger partial charge in [0.15, 0.2) is 11.5 Å². The molecular formula is C20H26F3N3O5. The Morgan fingerprint density at radius 3 is 2.45 bits per heavy atom. The first-order chi connectivity index (χ1) is 14.4. The smallest absolute Gasteiger partial charge is 0.471 e. The van der Waals surface area contributed by atoms with Crippen molar-refractivity contribution in [3.63, 3.8) is 0 Å². The van der Waals surface area contributed by atoms with E-state index in [0.717, 1.165) is 4.90 Å². The second-order valence-corrected chi connectivity index (χ2v) is 8.79. The number of hydrogen-bond donors (Lipinski definition) is 1. The molecule has 1 N–H and O–H groups in total. The van der Waals surface area contributed by atoms with E-state index >= 15 is 0 Å². The topological polar surface area (TPSA) is 92.2 Å². The fourth-order valence-electron chi connectivity index (χ4n) is 4.06. The molecule has 31 heavy (non-hydrogen) atoms. The molecule has 0 saturated carbocycles. The average molecular weight is 445 g/mol. The van der Waals surface area contributed by atoms with Crippen molar-refractivity contribution in [2.45, 2.75) is 58.4 Å². The third-order valence-corrected chi connectivity index (χ3v) is 5.58. The standard InChI is InChI=1S/C20H26F3N3O5/c1-19(2,3)16-9-13(4-5-25(16)17(27)20(21,22)23)26(18(28)29)11-12-8-14-15(10-24-12)31-7-6-30-14/h8,10,13,16H,4-7,9,11H2,1-3H3,(H,28,29). The molecule has 0 aromatic carbocycles. The van der Waals surface area contributed by atoms with Gasteiger partial charge in [-0.2, -0.15) is 13.2 Å². The number of halogens is 3. The van der Waals surface area contributed by atoms with E-state index in [9.17, 15) is 27.9 Å². The lowest BCUT2D eigenvalue weighted by Gasteiger charge is -2.47. The minimum atomic E-state index is -4.97. The van der Waals surface area contributed by atoms with Crippen LogP contribution in [0.25, 0.3) is 0 Å². The largest absolute Gasteiger partial charge is 0.486 e. The number of hydrogen-bond acceptors (Lipinski definition) is 5. The Hall–Kier alpha value is -2.72. The molecule has 1 fully saturated rings. The molecule has 2 atom stereocenters. The highest BCUT2D eigenvalue weighted by molar-refractivity contribution is 5.82. The number of carbonyl (C=O) groups is 2. The van der Waals surface area contributed by atoms with Crippen molar-refractivity contribution in [2.24, 2.45) is 5.41 Å². The first-order valence-corrected chi connectivity index (χ1v) is 10.00. The van der Waals surface area contributed by atoms with Crippen molar-refractivity contribution < 1.29 is 37.3 Å². The maximum absolute atomic E-state index is 13.1. The molecule has 3 heterocycles. The molecule has 0 bridgehead atoms. The van der Waals surface area contributed by atoms with Crippen LogP contribution >= 0.6 is 0 Å². The molecule has 0 radical (unpaired) electrons. The van der Waals surface area contributed by atoms with Crippen LogP contribution in [-0.2, 0) is 11.3 Å². The van der Waals surface area contributed by atoms with Crippen molar-refractivity contribution >= 4 is 12.0 Å². The van der Waals surface area contributed by atoms with E-state index in [2.05, 4.69) is 4.98 Å². The van der Waals surface area contributed by atoms with Crippen molar-refractivity contribution in [3.8, 4) is 11.5 Å². The van der Waals surface area contributed by atoms with Crippen molar-refractivity contribution in [2.75, 3.05) is 19.8 Å². The molecule has 1 aromatic heterocycles. The predicted octanol–water partition coefficient (Wildman–Crippen LogP) is 3.30.